The maximum absolute atomic E-state index is 13.7. The molecule has 3 rings (SSSR count). The Morgan fingerprint density at radius 1 is 1.24 bits per heavy atom. The number of phenols is 1. The van der Waals surface area contributed by atoms with Gasteiger partial charge in [-0.2, -0.15) is 0 Å². The van der Waals surface area contributed by atoms with Crippen LogP contribution in [0.15, 0.2) is 60.1 Å². The van der Waals surface area contributed by atoms with Crippen LogP contribution in [-0.2, 0) is 9.47 Å². The lowest BCUT2D eigenvalue weighted by Gasteiger charge is -2.40. The van der Waals surface area contributed by atoms with Gasteiger partial charge >= 0.3 is 5.97 Å². The lowest BCUT2D eigenvalue weighted by atomic mass is 10.0. The highest BCUT2D eigenvalue weighted by molar-refractivity contribution is 5.89. The largest absolute Gasteiger partial charge is 0.507 e. The van der Waals surface area contributed by atoms with Crippen LogP contribution in [-0.4, -0.2) is 41.8 Å². The molecular formula is C24H29FN4O4. The summed E-state index contributed by atoms with van der Waals surface area (Å²) in [4.78, 5) is 13.9. The maximum Gasteiger partial charge on any atom is 0.338 e. The van der Waals surface area contributed by atoms with Crippen LogP contribution < -0.4 is 17.2 Å². The molecule has 0 amide bonds. The van der Waals surface area contributed by atoms with Crippen molar-refractivity contribution in [2.75, 3.05) is 19.8 Å². The van der Waals surface area contributed by atoms with Crippen LogP contribution in [0.3, 0.4) is 0 Å². The smallest absolute Gasteiger partial charge is 0.338 e. The first kappa shape index (κ1) is 23.9. The Balaban J connectivity index is 1.86. The minimum absolute atomic E-state index is 0.0269. The van der Waals surface area contributed by atoms with Gasteiger partial charge in [0.05, 0.1) is 24.5 Å². The predicted octanol–water partition coefficient (Wildman–Crippen LogP) is 2.56. The second-order valence-corrected chi connectivity index (χ2v) is 7.77. The Morgan fingerprint density at radius 2 is 1.94 bits per heavy atom. The van der Waals surface area contributed by atoms with Crippen molar-refractivity contribution in [1.82, 2.24) is 4.90 Å². The Morgan fingerprint density at radius 3 is 2.58 bits per heavy atom. The first-order valence-electron chi connectivity index (χ1n) is 10.6. The zero-order chi connectivity index (χ0) is 24.1. The summed E-state index contributed by atoms with van der Waals surface area (Å²) >= 11 is 0. The first-order valence-corrected chi connectivity index (χ1v) is 10.6. The van der Waals surface area contributed by atoms with E-state index in [4.69, 9.17) is 26.7 Å². The van der Waals surface area contributed by atoms with Gasteiger partial charge in [-0.25, -0.2) is 9.18 Å². The van der Waals surface area contributed by atoms with E-state index in [9.17, 15) is 14.3 Å². The molecule has 33 heavy (non-hydrogen) atoms. The average Bonchev–Trinajstić information content (AvgIpc) is 2.79. The highest BCUT2D eigenvalue weighted by Crippen LogP contribution is 2.30. The van der Waals surface area contributed by atoms with Gasteiger partial charge in [-0.1, -0.05) is 12.1 Å². The van der Waals surface area contributed by atoms with Crippen LogP contribution in [0.2, 0.25) is 0 Å². The molecule has 2 aromatic rings. The molecule has 1 saturated heterocycles. The number of morpholine rings is 1. The lowest BCUT2D eigenvalue weighted by molar-refractivity contribution is -0.0457. The number of nitrogens with zero attached hydrogens (tertiary/aromatic N) is 1. The van der Waals surface area contributed by atoms with Crippen LogP contribution in [0.5, 0.6) is 5.75 Å². The summed E-state index contributed by atoms with van der Waals surface area (Å²) < 4.78 is 24.7. The standard InChI is InChI=1S/C24H29FN4O4/c1-3-32-24(31)16-6-4-15(5-7-16)22-12-29(14(2)13-33-22)20(23(27)28)11-19(26)18-10-17(25)8-9-21(18)30/h4-11,14,22,30H,3,12-13,26-28H2,1-2H3/b19-11-. The topological polar surface area (TPSA) is 137 Å². The number of allylic oxidation sites excluding steroid dienone is 1. The Bertz CT molecular complexity index is 1060. The minimum Gasteiger partial charge on any atom is -0.507 e. The highest BCUT2D eigenvalue weighted by Gasteiger charge is 2.29. The molecule has 7 N–H and O–H groups in total. The number of phenolic OH excluding ortho intramolecular Hbond substituents is 1. The summed E-state index contributed by atoms with van der Waals surface area (Å²) in [6.45, 7) is 4.81. The number of nitrogens with two attached hydrogens (primary N) is 3. The van der Waals surface area contributed by atoms with Crippen molar-refractivity contribution >= 4 is 11.7 Å². The van der Waals surface area contributed by atoms with Crippen LogP contribution in [0.25, 0.3) is 5.70 Å². The van der Waals surface area contributed by atoms with Crippen molar-refractivity contribution in [3.05, 3.63) is 82.6 Å². The molecule has 0 aromatic heterocycles. The van der Waals surface area contributed by atoms with Crippen LogP contribution >= 0.6 is 0 Å². The molecule has 0 saturated carbocycles. The molecule has 0 bridgehead atoms. The second kappa shape index (κ2) is 10.3. The van der Waals surface area contributed by atoms with Gasteiger partial charge in [-0.05, 0) is 55.8 Å². The van der Waals surface area contributed by atoms with E-state index in [1.165, 1.54) is 12.1 Å². The van der Waals surface area contributed by atoms with E-state index in [0.29, 0.717) is 31.0 Å². The molecule has 0 radical (unpaired) electrons. The first-order chi connectivity index (χ1) is 15.7. The van der Waals surface area contributed by atoms with E-state index in [-0.39, 0.29) is 40.9 Å². The molecule has 1 fully saturated rings. The maximum atomic E-state index is 13.7. The number of halogens is 1. The fraction of sp³-hybridized carbons (Fsp3) is 0.292. The molecule has 2 unspecified atom stereocenters. The fourth-order valence-electron chi connectivity index (χ4n) is 3.64. The van der Waals surface area contributed by atoms with Gasteiger partial charge in [-0.15, -0.1) is 0 Å². The molecule has 0 spiro atoms. The van der Waals surface area contributed by atoms with Gasteiger partial charge < -0.3 is 36.7 Å². The average molecular weight is 457 g/mol. The van der Waals surface area contributed by atoms with E-state index in [1.54, 1.807) is 19.1 Å². The molecule has 0 aliphatic carbocycles. The second-order valence-electron chi connectivity index (χ2n) is 7.77. The normalized spacial score (nSPS) is 18.6. The fourth-order valence-corrected chi connectivity index (χ4v) is 3.64. The van der Waals surface area contributed by atoms with Gasteiger partial charge in [0, 0.05) is 23.8 Å². The van der Waals surface area contributed by atoms with Gasteiger partial charge in [0.25, 0.3) is 0 Å². The number of carbonyl (C=O) groups is 1. The minimum atomic E-state index is -0.531. The lowest BCUT2D eigenvalue weighted by Crippen LogP contribution is -2.45. The van der Waals surface area contributed by atoms with Crippen molar-refractivity contribution in [2.45, 2.75) is 26.0 Å². The molecule has 8 nitrogen and oxygen atoms in total. The number of aromatic hydroxyl groups is 1. The zero-order valence-corrected chi connectivity index (χ0v) is 18.6. The molecular weight excluding hydrogens is 427 g/mol. The summed E-state index contributed by atoms with van der Waals surface area (Å²) in [5, 5.41) is 10.1. The third-order valence-electron chi connectivity index (χ3n) is 5.39. The number of carbonyl (C=O) groups excluding carboxylic acids is 1. The molecule has 2 atom stereocenters. The molecule has 1 heterocycles. The van der Waals surface area contributed by atoms with E-state index >= 15 is 0 Å². The molecule has 176 valence electrons. The third kappa shape index (κ3) is 5.56. The summed E-state index contributed by atoms with van der Waals surface area (Å²) in [7, 11) is 0. The number of rotatable bonds is 6. The number of benzene rings is 2. The number of esters is 1. The highest BCUT2D eigenvalue weighted by atomic mass is 19.1. The van der Waals surface area contributed by atoms with Crippen LogP contribution in [0.4, 0.5) is 4.39 Å². The molecule has 1 aliphatic heterocycles. The third-order valence-corrected chi connectivity index (χ3v) is 5.39. The molecule has 2 aromatic carbocycles. The Hall–Kier alpha value is -3.72. The quantitative estimate of drug-likeness (QED) is 0.384. The van der Waals surface area contributed by atoms with Crippen molar-refractivity contribution < 1.29 is 23.8 Å². The number of hydrogen-bond donors (Lipinski definition) is 4. The van der Waals surface area contributed by atoms with Crippen molar-refractivity contribution in [2.24, 2.45) is 17.2 Å². The predicted molar refractivity (Wildman–Crippen MR) is 123 cm³/mol. The van der Waals surface area contributed by atoms with Gasteiger partial charge in [0.1, 0.15) is 23.5 Å². The van der Waals surface area contributed by atoms with E-state index in [2.05, 4.69) is 0 Å². The summed E-state index contributed by atoms with van der Waals surface area (Å²) in [6, 6.07) is 10.4. The summed E-state index contributed by atoms with van der Waals surface area (Å²) in [5.41, 5.74) is 20.1. The van der Waals surface area contributed by atoms with Crippen molar-refractivity contribution in [1.29, 1.82) is 0 Å². The number of ether oxygens (including phenoxy) is 2. The van der Waals surface area contributed by atoms with Gasteiger partial charge in [-0.3, -0.25) is 0 Å². The Kier molecular flexibility index (Phi) is 7.44. The monoisotopic (exact) mass is 456 g/mol. The van der Waals surface area contributed by atoms with E-state index in [0.717, 1.165) is 17.7 Å². The van der Waals surface area contributed by atoms with Gasteiger partial charge in [0.15, 0.2) is 0 Å². The van der Waals surface area contributed by atoms with Crippen molar-refractivity contribution in [3.8, 4) is 5.75 Å². The van der Waals surface area contributed by atoms with E-state index < -0.39 is 5.82 Å². The Labute approximate surface area is 192 Å². The molecule has 9 heteroatoms. The summed E-state index contributed by atoms with van der Waals surface area (Å²) in [5.74, 6) is -1.05. The van der Waals surface area contributed by atoms with Crippen molar-refractivity contribution in [3.63, 3.8) is 0 Å². The SMILES string of the molecule is CCOC(=O)c1ccc(C2CN(C(/C=C(\N)c3cc(F)ccc3O)=C(N)N)C(C)CO2)cc1. The zero-order valence-electron chi connectivity index (χ0n) is 18.6. The number of hydrogen-bond acceptors (Lipinski definition) is 8. The summed E-state index contributed by atoms with van der Waals surface area (Å²) in [6.07, 6.45) is 1.20. The van der Waals surface area contributed by atoms with Crippen LogP contribution in [0.1, 0.15) is 41.4 Å². The van der Waals surface area contributed by atoms with Crippen LogP contribution in [0, 0.1) is 5.82 Å². The van der Waals surface area contributed by atoms with Gasteiger partial charge in [0.2, 0.25) is 0 Å². The molecule has 1 aliphatic rings. The van der Waals surface area contributed by atoms with E-state index in [1.807, 2.05) is 24.0 Å².